The summed E-state index contributed by atoms with van der Waals surface area (Å²) in [5.41, 5.74) is 0.220. The molecule has 0 radical (unpaired) electrons. The SMILES string of the molecule is COC(=O)c1n[nH]c(Cl)c1I. The van der Waals surface area contributed by atoms with Gasteiger partial charge in [0.2, 0.25) is 0 Å². The Bertz CT molecular complexity index is 286. The van der Waals surface area contributed by atoms with Crippen LogP contribution in [0.5, 0.6) is 0 Å². The van der Waals surface area contributed by atoms with Crippen LogP contribution in [0, 0.1) is 3.57 Å². The summed E-state index contributed by atoms with van der Waals surface area (Å²) in [6.45, 7) is 0. The molecule has 11 heavy (non-hydrogen) atoms. The van der Waals surface area contributed by atoms with Gasteiger partial charge in [0.25, 0.3) is 0 Å². The third-order valence-corrected chi connectivity index (χ3v) is 2.69. The van der Waals surface area contributed by atoms with Crippen LogP contribution in [-0.4, -0.2) is 23.3 Å². The van der Waals surface area contributed by atoms with Crippen molar-refractivity contribution in [1.82, 2.24) is 10.2 Å². The maximum Gasteiger partial charge on any atom is 0.359 e. The van der Waals surface area contributed by atoms with E-state index in [1.54, 1.807) is 0 Å². The van der Waals surface area contributed by atoms with Crippen molar-refractivity contribution in [1.29, 1.82) is 0 Å². The summed E-state index contributed by atoms with van der Waals surface area (Å²) in [6, 6.07) is 0. The van der Waals surface area contributed by atoms with E-state index in [1.165, 1.54) is 7.11 Å². The predicted molar refractivity (Wildman–Crippen MR) is 47.7 cm³/mol. The van der Waals surface area contributed by atoms with Crippen LogP contribution in [-0.2, 0) is 4.74 Å². The Morgan fingerprint density at radius 1 is 1.82 bits per heavy atom. The van der Waals surface area contributed by atoms with E-state index in [0.29, 0.717) is 8.72 Å². The molecule has 0 saturated heterocycles. The Morgan fingerprint density at radius 3 is 2.82 bits per heavy atom. The lowest BCUT2D eigenvalue weighted by molar-refractivity contribution is 0.0593. The summed E-state index contributed by atoms with van der Waals surface area (Å²) in [5, 5.41) is 6.46. The van der Waals surface area contributed by atoms with Gasteiger partial charge in [0, 0.05) is 0 Å². The van der Waals surface area contributed by atoms with Crippen molar-refractivity contribution < 1.29 is 9.53 Å². The molecule has 1 rings (SSSR count). The van der Waals surface area contributed by atoms with Gasteiger partial charge in [-0.1, -0.05) is 11.6 Å². The number of carbonyl (C=O) groups is 1. The third-order valence-electron chi connectivity index (χ3n) is 1.05. The molecule has 1 N–H and O–H groups in total. The van der Waals surface area contributed by atoms with Crippen molar-refractivity contribution in [3.05, 3.63) is 14.4 Å². The lowest BCUT2D eigenvalue weighted by atomic mass is 10.4. The van der Waals surface area contributed by atoms with Gasteiger partial charge in [-0.25, -0.2) is 4.79 Å². The fraction of sp³-hybridized carbons (Fsp3) is 0.200. The van der Waals surface area contributed by atoms with Crippen LogP contribution in [0.15, 0.2) is 0 Å². The van der Waals surface area contributed by atoms with E-state index in [1.807, 2.05) is 22.6 Å². The van der Waals surface area contributed by atoms with E-state index in [4.69, 9.17) is 11.6 Å². The summed E-state index contributed by atoms with van der Waals surface area (Å²) >= 11 is 7.51. The Kier molecular flexibility index (Phi) is 2.72. The fourth-order valence-electron chi connectivity index (χ4n) is 0.539. The highest BCUT2D eigenvalue weighted by molar-refractivity contribution is 14.1. The molecule has 0 aliphatic carbocycles. The van der Waals surface area contributed by atoms with E-state index in [0.717, 1.165) is 0 Å². The number of rotatable bonds is 1. The topological polar surface area (TPSA) is 55.0 Å². The molecule has 6 heteroatoms. The van der Waals surface area contributed by atoms with Crippen LogP contribution >= 0.6 is 34.2 Å². The van der Waals surface area contributed by atoms with Crippen LogP contribution in [0.4, 0.5) is 0 Å². The highest BCUT2D eigenvalue weighted by Crippen LogP contribution is 2.18. The smallest absolute Gasteiger partial charge is 0.359 e. The van der Waals surface area contributed by atoms with Gasteiger partial charge < -0.3 is 4.74 Å². The molecular formula is C5H4ClIN2O2. The molecule has 0 fully saturated rings. The molecule has 0 bridgehead atoms. The second-order valence-electron chi connectivity index (χ2n) is 1.69. The van der Waals surface area contributed by atoms with Crippen molar-refractivity contribution >= 4 is 40.2 Å². The summed E-state index contributed by atoms with van der Waals surface area (Å²) in [5.74, 6) is -0.488. The number of esters is 1. The molecule has 4 nitrogen and oxygen atoms in total. The Balaban J connectivity index is 3.04. The number of carbonyl (C=O) groups excluding carboxylic acids is 1. The number of aromatic nitrogens is 2. The molecule has 1 heterocycles. The second-order valence-corrected chi connectivity index (χ2v) is 3.15. The number of methoxy groups -OCH3 is 1. The average molecular weight is 286 g/mol. The zero-order valence-corrected chi connectivity index (χ0v) is 8.43. The number of aromatic amines is 1. The van der Waals surface area contributed by atoms with Gasteiger partial charge in [-0.3, -0.25) is 5.10 Å². The van der Waals surface area contributed by atoms with Gasteiger partial charge >= 0.3 is 5.97 Å². The van der Waals surface area contributed by atoms with E-state index in [2.05, 4.69) is 14.9 Å². The van der Waals surface area contributed by atoms with E-state index in [9.17, 15) is 4.79 Å². The first-order chi connectivity index (χ1) is 5.16. The lowest BCUT2D eigenvalue weighted by Gasteiger charge is -1.92. The largest absolute Gasteiger partial charge is 0.464 e. The number of hydrogen-bond acceptors (Lipinski definition) is 3. The first-order valence-corrected chi connectivity index (χ1v) is 4.10. The maximum atomic E-state index is 10.9. The Morgan fingerprint density at radius 2 is 2.45 bits per heavy atom. The number of halogens is 2. The van der Waals surface area contributed by atoms with Crippen LogP contribution in [0.3, 0.4) is 0 Å². The summed E-state index contributed by atoms with van der Waals surface area (Å²) < 4.78 is 5.03. The molecule has 0 aliphatic heterocycles. The molecule has 0 aliphatic rings. The summed E-state index contributed by atoms with van der Waals surface area (Å²) in [6.07, 6.45) is 0. The summed E-state index contributed by atoms with van der Waals surface area (Å²) in [7, 11) is 1.29. The van der Waals surface area contributed by atoms with Crippen LogP contribution in [0.1, 0.15) is 10.5 Å². The molecule has 1 aromatic heterocycles. The highest BCUT2D eigenvalue weighted by Gasteiger charge is 2.16. The molecule has 60 valence electrons. The zero-order valence-electron chi connectivity index (χ0n) is 5.52. The van der Waals surface area contributed by atoms with Crippen molar-refractivity contribution in [2.24, 2.45) is 0 Å². The molecule has 0 atom stereocenters. The van der Waals surface area contributed by atoms with Crippen LogP contribution < -0.4 is 0 Å². The van der Waals surface area contributed by atoms with Crippen LogP contribution in [0.25, 0.3) is 0 Å². The minimum absolute atomic E-state index is 0.220. The Hall–Kier alpha value is -0.300. The van der Waals surface area contributed by atoms with Crippen molar-refractivity contribution in [3.8, 4) is 0 Å². The maximum absolute atomic E-state index is 10.9. The fourth-order valence-corrected chi connectivity index (χ4v) is 1.13. The molecule has 0 amide bonds. The molecule has 1 aromatic rings. The van der Waals surface area contributed by atoms with E-state index in [-0.39, 0.29) is 5.69 Å². The lowest BCUT2D eigenvalue weighted by Crippen LogP contribution is -2.03. The molecule has 0 unspecified atom stereocenters. The third kappa shape index (κ3) is 1.64. The van der Waals surface area contributed by atoms with Crippen molar-refractivity contribution in [3.63, 3.8) is 0 Å². The highest BCUT2D eigenvalue weighted by atomic mass is 127. The first kappa shape index (κ1) is 8.79. The molecule has 0 saturated carbocycles. The predicted octanol–water partition coefficient (Wildman–Crippen LogP) is 1.45. The van der Waals surface area contributed by atoms with Crippen molar-refractivity contribution in [2.45, 2.75) is 0 Å². The van der Waals surface area contributed by atoms with Crippen LogP contribution in [0.2, 0.25) is 5.15 Å². The number of H-pyrrole nitrogens is 1. The van der Waals surface area contributed by atoms with Gasteiger partial charge in [0.05, 0.1) is 10.7 Å². The number of nitrogens with zero attached hydrogens (tertiary/aromatic N) is 1. The van der Waals surface area contributed by atoms with Gasteiger partial charge in [0.1, 0.15) is 5.15 Å². The molecule has 0 aromatic carbocycles. The molecular weight excluding hydrogens is 282 g/mol. The van der Waals surface area contributed by atoms with Gasteiger partial charge in [-0.05, 0) is 22.6 Å². The first-order valence-electron chi connectivity index (χ1n) is 2.64. The number of ether oxygens (including phenoxy) is 1. The minimum Gasteiger partial charge on any atom is -0.464 e. The Labute approximate surface area is 81.4 Å². The minimum atomic E-state index is -0.488. The monoisotopic (exact) mass is 286 g/mol. The van der Waals surface area contributed by atoms with Gasteiger partial charge in [-0.15, -0.1) is 0 Å². The van der Waals surface area contributed by atoms with Crippen molar-refractivity contribution in [2.75, 3.05) is 7.11 Å². The van der Waals surface area contributed by atoms with E-state index >= 15 is 0 Å². The molecule has 0 spiro atoms. The second kappa shape index (κ2) is 3.40. The number of hydrogen-bond donors (Lipinski definition) is 1. The van der Waals surface area contributed by atoms with E-state index < -0.39 is 5.97 Å². The van der Waals surface area contributed by atoms with Gasteiger partial charge in [-0.2, -0.15) is 5.10 Å². The normalized spacial score (nSPS) is 9.73. The summed E-state index contributed by atoms with van der Waals surface area (Å²) in [4.78, 5) is 10.9. The van der Waals surface area contributed by atoms with Gasteiger partial charge in [0.15, 0.2) is 5.69 Å². The standard InChI is InChI=1S/C5H4ClIN2O2/c1-11-5(10)3-2(7)4(6)9-8-3/h1H3,(H,8,9). The number of nitrogens with one attached hydrogen (secondary N) is 1. The zero-order chi connectivity index (χ0) is 8.43. The quantitative estimate of drug-likeness (QED) is 0.628. The average Bonchev–Trinajstić information content (AvgIpc) is 2.32.